The van der Waals surface area contributed by atoms with Gasteiger partial charge >= 0.3 is 5.97 Å². The number of carbonyl (C=O) groups excluding carboxylic acids is 3. The molecule has 0 bridgehead atoms. The van der Waals surface area contributed by atoms with Crippen LogP contribution in [-0.4, -0.2) is 43.5 Å². The van der Waals surface area contributed by atoms with E-state index in [0.717, 1.165) is 5.56 Å². The van der Waals surface area contributed by atoms with Gasteiger partial charge in [0.25, 0.3) is 5.91 Å². The second-order valence-corrected chi connectivity index (χ2v) is 6.45. The van der Waals surface area contributed by atoms with Crippen molar-refractivity contribution in [2.45, 2.75) is 19.9 Å². The quantitative estimate of drug-likeness (QED) is 0.608. The number of carbonyl (C=O) groups is 3. The molecule has 1 atom stereocenters. The van der Waals surface area contributed by atoms with Crippen LogP contribution < -0.4 is 14.8 Å². The monoisotopic (exact) mass is 383 g/mol. The second-order valence-electron chi connectivity index (χ2n) is 6.45. The number of fused-ring (bicyclic) bond motifs is 1. The smallest absolute Gasteiger partial charge is 0.328 e. The highest BCUT2D eigenvalue weighted by Gasteiger charge is 2.20. The van der Waals surface area contributed by atoms with Gasteiger partial charge in [-0.1, -0.05) is 17.7 Å². The average molecular weight is 383 g/mol. The molecule has 7 heteroatoms. The maximum absolute atomic E-state index is 12.3. The van der Waals surface area contributed by atoms with Crippen molar-refractivity contribution in [2.24, 2.45) is 0 Å². The summed E-state index contributed by atoms with van der Waals surface area (Å²) < 4.78 is 15.9. The number of Topliss-reactive ketones (excluding diaryl/α,β-unsaturated/α-hetero) is 1. The Morgan fingerprint density at radius 3 is 2.54 bits per heavy atom. The molecule has 2 aromatic carbocycles. The van der Waals surface area contributed by atoms with Crippen molar-refractivity contribution in [2.75, 3.05) is 19.8 Å². The van der Waals surface area contributed by atoms with Crippen LogP contribution in [0.4, 0.5) is 0 Å². The Morgan fingerprint density at radius 2 is 1.79 bits per heavy atom. The zero-order valence-corrected chi connectivity index (χ0v) is 15.7. The van der Waals surface area contributed by atoms with E-state index >= 15 is 0 Å². The SMILES string of the molecule is Cc1cccc(C(=O)N[C@@H](C)C(=O)OCC(=O)c2ccc3c(c2)OCCO3)c1. The first-order valence-electron chi connectivity index (χ1n) is 8.91. The Hall–Kier alpha value is -3.35. The molecule has 0 fully saturated rings. The van der Waals surface area contributed by atoms with E-state index in [-0.39, 0.29) is 11.7 Å². The maximum atomic E-state index is 12.3. The summed E-state index contributed by atoms with van der Waals surface area (Å²) in [4.78, 5) is 36.6. The molecule has 28 heavy (non-hydrogen) atoms. The van der Waals surface area contributed by atoms with E-state index in [1.165, 1.54) is 6.92 Å². The number of benzene rings is 2. The van der Waals surface area contributed by atoms with E-state index in [4.69, 9.17) is 14.2 Å². The molecule has 2 aromatic rings. The Labute approximate surface area is 162 Å². The van der Waals surface area contributed by atoms with Crippen molar-refractivity contribution < 1.29 is 28.6 Å². The van der Waals surface area contributed by atoms with Gasteiger partial charge in [0.1, 0.15) is 19.3 Å². The van der Waals surface area contributed by atoms with Crippen LogP contribution in [0.5, 0.6) is 11.5 Å². The molecule has 0 aliphatic carbocycles. The van der Waals surface area contributed by atoms with Crippen molar-refractivity contribution in [3.05, 3.63) is 59.2 Å². The van der Waals surface area contributed by atoms with Gasteiger partial charge in [0.2, 0.25) is 0 Å². The third-order valence-corrected chi connectivity index (χ3v) is 4.19. The van der Waals surface area contributed by atoms with Crippen LogP contribution in [-0.2, 0) is 9.53 Å². The van der Waals surface area contributed by atoms with Gasteiger partial charge in [-0.15, -0.1) is 0 Å². The van der Waals surface area contributed by atoms with Crippen molar-refractivity contribution in [1.82, 2.24) is 5.32 Å². The molecule has 0 aromatic heterocycles. The summed E-state index contributed by atoms with van der Waals surface area (Å²) in [7, 11) is 0. The summed E-state index contributed by atoms with van der Waals surface area (Å²) in [5.41, 5.74) is 1.74. The summed E-state index contributed by atoms with van der Waals surface area (Å²) in [6.45, 7) is 3.83. The first-order chi connectivity index (χ1) is 13.4. The molecule has 1 aliphatic heterocycles. The number of esters is 1. The molecule has 7 nitrogen and oxygen atoms in total. The third kappa shape index (κ3) is 4.68. The van der Waals surface area contributed by atoms with Crippen LogP contribution >= 0.6 is 0 Å². The lowest BCUT2D eigenvalue weighted by Gasteiger charge is -2.18. The predicted molar refractivity (Wildman–Crippen MR) is 101 cm³/mol. The van der Waals surface area contributed by atoms with Crippen molar-refractivity contribution in [3.8, 4) is 11.5 Å². The number of ketones is 1. The Morgan fingerprint density at radius 1 is 1.04 bits per heavy atom. The van der Waals surface area contributed by atoms with Crippen LogP contribution in [0, 0.1) is 6.92 Å². The van der Waals surface area contributed by atoms with E-state index in [0.29, 0.717) is 35.8 Å². The van der Waals surface area contributed by atoms with Gasteiger partial charge in [-0.3, -0.25) is 9.59 Å². The van der Waals surface area contributed by atoms with Crippen molar-refractivity contribution in [1.29, 1.82) is 0 Å². The molecule has 0 saturated heterocycles. The topological polar surface area (TPSA) is 90.9 Å². The standard InChI is InChI=1S/C21H21NO6/c1-13-4-3-5-16(10-13)20(24)22-14(2)21(25)28-12-17(23)15-6-7-18-19(11-15)27-9-8-26-18/h3-7,10-11,14H,8-9,12H2,1-2H3,(H,22,24)/t14-/m0/s1. The fraction of sp³-hybridized carbons (Fsp3) is 0.286. The highest BCUT2D eigenvalue weighted by atomic mass is 16.6. The summed E-state index contributed by atoms with van der Waals surface area (Å²) >= 11 is 0. The molecule has 0 unspecified atom stereocenters. The first kappa shape index (κ1) is 19.4. The minimum atomic E-state index is -0.888. The van der Waals surface area contributed by atoms with Crippen LogP contribution in [0.2, 0.25) is 0 Å². The van der Waals surface area contributed by atoms with E-state index in [1.54, 1.807) is 36.4 Å². The van der Waals surface area contributed by atoms with Crippen molar-refractivity contribution in [3.63, 3.8) is 0 Å². The van der Waals surface area contributed by atoms with Crippen molar-refractivity contribution >= 4 is 17.7 Å². The molecule has 1 N–H and O–H groups in total. The minimum absolute atomic E-state index is 0.355. The fourth-order valence-corrected chi connectivity index (χ4v) is 2.69. The Kier molecular flexibility index (Phi) is 5.93. The van der Waals surface area contributed by atoms with E-state index in [2.05, 4.69) is 5.32 Å². The Bertz CT molecular complexity index is 908. The molecule has 0 radical (unpaired) electrons. The minimum Gasteiger partial charge on any atom is -0.486 e. The molecular weight excluding hydrogens is 362 g/mol. The number of hydrogen-bond donors (Lipinski definition) is 1. The van der Waals surface area contributed by atoms with Crippen LogP contribution in [0.15, 0.2) is 42.5 Å². The third-order valence-electron chi connectivity index (χ3n) is 4.19. The fourth-order valence-electron chi connectivity index (χ4n) is 2.69. The molecule has 1 aliphatic rings. The van der Waals surface area contributed by atoms with Gasteiger partial charge in [0, 0.05) is 11.1 Å². The highest BCUT2D eigenvalue weighted by molar-refractivity contribution is 5.99. The lowest BCUT2D eigenvalue weighted by Crippen LogP contribution is -2.40. The number of amides is 1. The summed E-state index contributed by atoms with van der Waals surface area (Å²) in [5.74, 6) is -0.379. The van der Waals surface area contributed by atoms with E-state index in [9.17, 15) is 14.4 Å². The lowest BCUT2D eigenvalue weighted by molar-refractivity contribution is -0.144. The Balaban J connectivity index is 1.53. The van der Waals surface area contributed by atoms with Crippen LogP contribution in [0.25, 0.3) is 0 Å². The molecule has 146 valence electrons. The molecule has 1 amide bonds. The van der Waals surface area contributed by atoms with E-state index in [1.807, 2.05) is 13.0 Å². The van der Waals surface area contributed by atoms with Gasteiger partial charge in [0.15, 0.2) is 23.9 Å². The van der Waals surface area contributed by atoms with Crippen LogP contribution in [0.3, 0.4) is 0 Å². The summed E-state index contributed by atoms with van der Waals surface area (Å²) in [5, 5.41) is 2.57. The average Bonchev–Trinajstić information content (AvgIpc) is 2.71. The normalized spacial score (nSPS) is 13.4. The summed E-state index contributed by atoms with van der Waals surface area (Å²) in [6.07, 6.45) is 0. The lowest BCUT2D eigenvalue weighted by atomic mass is 10.1. The number of ether oxygens (including phenoxy) is 3. The molecule has 0 saturated carbocycles. The highest BCUT2D eigenvalue weighted by Crippen LogP contribution is 2.30. The number of nitrogens with one attached hydrogen (secondary N) is 1. The molecular formula is C21H21NO6. The maximum Gasteiger partial charge on any atom is 0.328 e. The zero-order valence-electron chi connectivity index (χ0n) is 15.7. The van der Waals surface area contributed by atoms with Gasteiger partial charge in [-0.2, -0.15) is 0 Å². The van der Waals surface area contributed by atoms with Gasteiger partial charge in [0.05, 0.1) is 0 Å². The number of rotatable bonds is 6. The molecule has 3 rings (SSSR count). The van der Waals surface area contributed by atoms with Crippen LogP contribution in [0.1, 0.15) is 33.2 Å². The first-order valence-corrected chi connectivity index (χ1v) is 8.91. The zero-order chi connectivity index (χ0) is 20.1. The number of hydrogen-bond acceptors (Lipinski definition) is 6. The predicted octanol–water partition coefficient (Wildman–Crippen LogP) is 2.31. The molecule has 0 spiro atoms. The van der Waals surface area contributed by atoms with Gasteiger partial charge in [-0.05, 0) is 44.2 Å². The second kappa shape index (κ2) is 8.56. The largest absolute Gasteiger partial charge is 0.486 e. The number of aryl methyl sites for hydroxylation is 1. The van der Waals surface area contributed by atoms with E-state index < -0.39 is 18.6 Å². The summed E-state index contributed by atoms with van der Waals surface area (Å²) in [6, 6.07) is 10.9. The van der Waals surface area contributed by atoms with Gasteiger partial charge < -0.3 is 19.5 Å². The van der Waals surface area contributed by atoms with Gasteiger partial charge in [-0.25, -0.2) is 4.79 Å². The molecule has 1 heterocycles.